The zero-order chi connectivity index (χ0) is 15.6. The van der Waals surface area contributed by atoms with E-state index < -0.39 is 23.4 Å². The minimum absolute atomic E-state index is 0.0119. The van der Waals surface area contributed by atoms with Crippen LogP contribution in [0, 0.1) is 0 Å². The summed E-state index contributed by atoms with van der Waals surface area (Å²) in [5.74, 6) is -1.04. The number of hydrogen-bond acceptors (Lipinski definition) is 3. The number of aromatic nitrogens is 2. The van der Waals surface area contributed by atoms with E-state index in [1.807, 2.05) is 0 Å². The third kappa shape index (κ3) is 2.91. The lowest BCUT2D eigenvalue weighted by molar-refractivity contribution is -0.137. The molecule has 0 atom stereocenters. The molecular formula is C14H13F3N2O2. The lowest BCUT2D eigenvalue weighted by Gasteiger charge is -2.10. The molecule has 2 aromatic rings. The molecule has 1 aromatic carbocycles. The van der Waals surface area contributed by atoms with Crippen LogP contribution in [0.3, 0.4) is 0 Å². The van der Waals surface area contributed by atoms with Gasteiger partial charge in [-0.3, -0.25) is 4.68 Å². The van der Waals surface area contributed by atoms with Gasteiger partial charge in [0.15, 0.2) is 5.69 Å². The van der Waals surface area contributed by atoms with Gasteiger partial charge in [-0.05, 0) is 6.92 Å². The van der Waals surface area contributed by atoms with Crippen LogP contribution in [0.1, 0.15) is 23.0 Å². The molecule has 2 rings (SSSR count). The van der Waals surface area contributed by atoms with Gasteiger partial charge in [0.1, 0.15) is 11.3 Å². The van der Waals surface area contributed by atoms with Gasteiger partial charge in [0, 0.05) is 12.6 Å². The van der Waals surface area contributed by atoms with Crippen LogP contribution >= 0.6 is 0 Å². The van der Waals surface area contributed by atoms with E-state index in [1.54, 1.807) is 18.2 Å². The van der Waals surface area contributed by atoms with Gasteiger partial charge in [-0.25, -0.2) is 4.79 Å². The van der Waals surface area contributed by atoms with E-state index in [4.69, 9.17) is 4.74 Å². The number of benzene rings is 1. The molecule has 0 spiro atoms. The molecule has 0 aliphatic heterocycles. The highest BCUT2D eigenvalue weighted by atomic mass is 19.4. The molecule has 0 N–H and O–H groups in total. The Kier molecular flexibility index (Phi) is 4.02. The summed E-state index contributed by atoms with van der Waals surface area (Å²) < 4.78 is 45.6. The van der Waals surface area contributed by atoms with Crippen LogP contribution in [-0.4, -0.2) is 22.4 Å². The monoisotopic (exact) mass is 298 g/mol. The first-order valence-corrected chi connectivity index (χ1v) is 6.23. The Morgan fingerprint density at radius 1 is 1.29 bits per heavy atom. The maximum Gasteiger partial charge on any atom is 0.420 e. The Labute approximate surface area is 119 Å². The van der Waals surface area contributed by atoms with Crippen LogP contribution in [0.5, 0.6) is 0 Å². The Morgan fingerprint density at radius 3 is 2.43 bits per heavy atom. The van der Waals surface area contributed by atoms with E-state index in [2.05, 4.69) is 5.10 Å². The number of alkyl halides is 3. The van der Waals surface area contributed by atoms with Gasteiger partial charge in [0.25, 0.3) is 0 Å². The minimum atomic E-state index is -4.71. The standard InChI is InChI=1S/C14H13F3N2O2/c1-3-21-13(20)12-10(14(15,16)17)11(18-19(12)2)9-7-5-4-6-8-9/h4-8H,3H2,1-2H3. The summed E-state index contributed by atoms with van der Waals surface area (Å²) in [4.78, 5) is 11.8. The average molecular weight is 298 g/mol. The summed E-state index contributed by atoms with van der Waals surface area (Å²) in [5.41, 5.74) is -1.66. The molecule has 1 aromatic heterocycles. The molecule has 0 saturated carbocycles. The summed E-state index contributed by atoms with van der Waals surface area (Å²) in [6.45, 7) is 1.52. The zero-order valence-electron chi connectivity index (χ0n) is 11.4. The third-order valence-corrected chi connectivity index (χ3v) is 2.85. The van der Waals surface area contributed by atoms with Gasteiger partial charge in [0.05, 0.1) is 6.61 Å². The number of esters is 1. The molecule has 0 aliphatic carbocycles. The van der Waals surface area contributed by atoms with Crippen molar-refractivity contribution < 1.29 is 22.7 Å². The van der Waals surface area contributed by atoms with Crippen molar-refractivity contribution in [3.05, 3.63) is 41.6 Å². The second kappa shape index (κ2) is 5.59. The summed E-state index contributed by atoms with van der Waals surface area (Å²) in [6.07, 6.45) is -4.71. The predicted octanol–water partition coefficient (Wildman–Crippen LogP) is 3.28. The number of aryl methyl sites for hydroxylation is 1. The molecule has 0 amide bonds. The fourth-order valence-electron chi connectivity index (χ4n) is 2.02. The first-order chi connectivity index (χ1) is 9.86. The van der Waals surface area contributed by atoms with Crippen LogP contribution in [0.2, 0.25) is 0 Å². The highest BCUT2D eigenvalue weighted by Crippen LogP contribution is 2.39. The fourth-order valence-corrected chi connectivity index (χ4v) is 2.02. The van der Waals surface area contributed by atoms with Crippen molar-refractivity contribution in [3.8, 4) is 11.3 Å². The number of carbonyl (C=O) groups is 1. The molecule has 0 radical (unpaired) electrons. The topological polar surface area (TPSA) is 44.1 Å². The number of ether oxygens (including phenoxy) is 1. The Morgan fingerprint density at radius 2 is 1.90 bits per heavy atom. The van der Waals surface area contributed by atoms with Crippen molar-refractivity contribution in [3.63, 3.8) is 0 Å². The molecule has 0 unspecified atom stereocenters. The molecule has 112 valence electrons. The SMILES string of the molecule is CCOC(=O)c1c(C(F)(F)F)c(-c2ccccc2)nn1C. The number of carbonyl (C=O) groups excluding carboxylic acids is 1. The van der Waals surface area contributed by atoms with E-state index in [-0.39, 0.29) is 17.9 Å². The highest BCUT2D eigenvalue weighted by Gasteiger charge is 2.42. The van der Waals surface area contributed by atoms with Gasteiger partial charge in [0.2, 0.25) is 0 Å². The number of nitrogens with zero attached hydrogens (tertiary/aromatic N) is 2. The first-order valence-electron chi connectivity index (χ1n) is 6.23. The first kappa shape index (κ1) is 15.1. The maximum absolute atomic E-state index is 13.3. The molecule has 4 nitrogen and oxygen atoms in total. The van der Waals surface area contributed by atoms with E-state index in [0.717, 1.165) is 4.68 Å². The molecule has 7 heteroatoms. The summed E-state index contributed by atoms with van der Waals surface area (Å²) in [7, 11) is 1.29. The molecular weight excluding hydrogens is 285 g/mol. The highest BCUT2D eigenvalue weighted by molar-refractivity contribution is 5.92. The average Bonchev–Trinajstić information content (AvgIpc) is 2.78. The van der Waals surface area contributed by atoms with Crippen LogP contribution in [-0.2, 0) is 18.0 Å². The van der Waals surface area contributed by atoms with E-state index in [1.165, 1.54) is 26.1 Å². The zero-order valence-corrected chi connectivity index (χ0v) is 11.4. The van der Waals surface area contributed by atoms with Crippen molar-refractivity contribution in [2.45, 2.75) is 13.1 Å². The predicted molar refractivity (Wildman–Crippen MR) is 69.6 cm³/mol. The Bertz CT molecular complexity index is 648. The normalized spacial score (nSPS) is 11.5. The van der Waals surface area contributed by atoms with Crippen LogP contribution < -0.4 is 0 Å². The van der Waals surface area contributed by atoms with Crippen molar-refractivity contribution in [1.29, 1.82) is 0 Å². The Hall–Kier alpha value is -2.31. The van der Waals surface area contributed by atoms with Gasteiger partial charge in [-0.1, -0.05) is 30.3 Å². The number of rotatable bonds is 3. The van der Waals surface area contributed by atoms with Crippen molar-refractivity contribution in [1.82, 2.24) is 9.78 Å². The van der Waals surface area contributed by atoms with Gasteiger partial charge >= 0.3 is 12.1 Å². The van der Waals surface area contributed by atoms with Crippen LogP contribution in [0.25, 0.3) is 11.3 Å². The molecule has 0 bridgehead atoms. The maximum atomic E-state index is 13.3. The quantitative estimate of drug-likeness (QED) is 0.817. The van der Waals surface area contributed by atoms with E-state index in [0.29, 0.717) is 0 Å². The van der Waals surface area contributed by atoms with Gasteiger partial charge in [-0.15, -0.1) is 0 Å². The third-order valence-electron chi connectivity index (χ3n) is 2.85. The fraction of sp³-hybridized carbons (Fsp3) is 0.286. The molecule has 1 heterocycles. The van der Waals surface area contributed by atoms with Gasteiger partial charge < -0.3 is 4.74 Å². The summed E-state index contributed by atoms with van der Waals surface area (Å²) in [5, 5.41) is 3.85. The van der Waals surface area contributed by atoms with Crippen molar-refractivity contribution in [2.75, 3.05) is 6.61 Å². The smallest absolute Gasteiger partial charge is 0.420 e. The van der Waals surface area contributed by atoms with Crippen molar-refractivity contribution >= 4 is 5.97 Å². The van der Waals surface area contributed by atoms with Gasteiger partial charge in [-0.2, -0.15) is 18.3 Å². The van der Waals surface area contributed by atoms with Crippen molar-refractivity contribution in [2.24, 2.45) is 7.05 Å². The van der Waals surface area contributed by atoms with E-state index >= 15 is 0 Å². The second-order valence-electron chi connectivity index (χ2n) is 4.28. The van der Waals surface area contributed by atoms with E-state index in [9.17, 15) is 18.0 Å². The summed E-state index contributed by atoms with van der Waals surface area (Å²) in [6, 6.07) is 7.91. The number of halogens is 3. The van der Waals surface area contributed by atoms with Crippen LogP contribution in [0.4, 0.5) is 13.2 Å². The molecule has 0 saturated heterocycles. The summed E-state index contributed by atoms with van der Waals surface area (Å²) >= 11 is 0. The van der Waals surface area contributed by atoms with Crippen LogP contribution in [0.15, 0.2) is 30.3 Å². The lowest BCUT2D eigenvalue weighted by Crippen LogP contribution is -2.17. The second-order valence-corrected chi connectivity index (χ2v) is 4.28. The lowest BCUT2D eigenvalue weighted by atomic mass is 10.1. The number of hydrogen-bond donors (Lipinski definition) is 0. The largest absolute Gasteiger partial charge is 0.461 e. The Balaban J connectivity index is 2.68. The molecule has 0 aliphatic rings. The molecule has 0 fully saturated rings. The minimum Gasteiger partial charge on any atom is -0.461 e. The molecule has 21 heavy (non-hydrogen) atoms.